The Morgan fingerprint density at radius 2 is 2.00 bits per heavy atom. The zero-order valence-corrected chi connectivity index (χ0v) is 12.5. The third-order valence-corrected chi connectivity index (χ3v) is 3.60. The molecule has 0 bridgehead atoms. The second-order valence-corrected chi connectivity index (χ2v) is 5.60. The highest BCUT2D eigenvalue weighted by atomic mass is 35.5. The number of nitrogens with zero attached hydrogens (tertiary/aromatic N) is 3. The Morgan fingerprint density at radius 3 is 2.58 bits per heavy atom. The maximum Gasteiger partial charge on any atom is 0.138 e. The molecule has 0 saturated carbocycles. The van der Waals surface area contributed by atoms with Gasteiger partial charge in [-0.3, -0.25) is 4.90 Å². The Balaban J connectivity index is 1.91. The molecule has 1 heterocycles. The summed E-state index contributed by atoms with van der Waals surface area (Å²) in [5, 5.41) is 4.01. The van der Waals surface area contributed by atoms with E-state index >= 15 is 0 Å². The van der Waals surface area contributed by atoms with E-state index in [0.29, 0.717) is 17.5 Å². The van der Waals surface area contributed by atoms with Crippen LogP contribution in [0.25, 0.3) is 0 Å². The summed E-state index contributed by atoms with van der Waals surface area (Å²) in [5.41, 5.74) is 2.06. The smallest absolute Gasteiger partial charge is 0.138 e. The van der Waals surface area contributed by atoms with Crippen molar-refractivity contribution in [1.29, 1.82) is 0 Å². The van der Waals surface area contributed by atoms with Gasteiger partial charge in [-0.15, -0.1) is 5.10 Å². The van der Waals surface area contributed by atoms with Crippen LogP contribution in [0.15, 0.2) is 24.3 Å². The van der Waals surface area contributed by atoms with Gasteiger partial charge >= 0.3 is 0 Å². The van der Waals surface area contributed by atoms with Crippen LogP contribution < -0.4 is 4.74 Å². The van der Waals surface area contributed by atoms with Crippen LogP contribution in [0, 0.1) is 0 Å². The zero-order chi connectivity index (χ0) is 13.7. The number of hydrogen-bond acceptors (Lipinski definition) is 5. The maximum absolute atomic E-state index is 5.99. The molecule has 2 rings (SSSR count). The van der Waals surface area contributed by atoms with Crippen LogP contribution in [0.3, 0.4) is 0 Å². The van der Waals surface area contributed by atoms with Crippen molar-refractivity contribution in [2.24, 2.45) is 0 Å². The molecule has 0 amide bonds. The van der Waals surface area contributed by atoms with E-state index in [0.717, 1.165) is 18.0 Å². The molecule has 0 atom stereocenters. The monoisotopic (exact) mass is 297 g/mol. The standard InChI is InChI=1S/C13H16ClN3OS/c1-3-18-11-6-4-10(5-7-11)8-17(2)9-12-13(14)19-16-15-12/h4-7H,3,8-9H2,1-2H3. The Kier molecular flexibility index (Phi) is 5.13. The summed E-state index contributed by atoms with van der Waals surface area (Å²) < 4.78 is 9.91. The minimum Gasteiger partial charge on any atom is -0.494 e. The molecule has 1 aromatic carbocycles. The van der Waals surface area contributed by atoms with Crippen molar-refractivity contribution in [2.45, 2.75) is 20.0 Å². The molecule has 19 heavy (non-hydrogen) atoms. The zero-order valence-electron chi connectivity index (χ0n) is 11.0. The number of hydrogen-bond donors (Lipinski definition) is 0. The van der Waals surface area contributed by atoms with Crippen molar-refractivity contribution >= 4 is 23.1 Å². The van der Waals surface area contributed by atoms with Crippen LogP contribution in [0.4, 0.5) is 0 Å². The maximum atomic E-state index is 5.99. The summed E-state index contributed by atoms with van der Waals surface area (Å²) in [7, 11) is 2.03. The molecule has 1 aromatic heterocycles. The van der Waals surface area contributed by atoms with Crippen molar-refractivity contribution in [3.63, 3.8) is 0 Å². The van der Waals surface area contributed by atoms with Gasteiger partial charge in [0.1, 0.15) is 15.8 Å². The number of benzene rings is 1. The second kappa shape index (κ2) is 6.84. The van der Waals surface area contributed by atoms with E-state index in [1.165, 1.54) is 17.1 Å². The van der Waals surface area contributed by atoms with Gasteiger partial charge in [0.2, 0.25) is 0 Å². The van der Waals surface area contributed by atoms with E-state index in [-0.39, 0.29) is 0 Å². The summed E-state index contributed by atoms with van der Waals surface area (Å²) in [4.78, 5) is 2.15. The highest BCUT2D eigenvalue weighted by Gasteiger charge is 2.09. The van der Waals surface area contributed by atoms with Gasteiger partial charge in [0.15, 0.2) is 0 Å². The average molecular weight is 298 g/mol. The third-order valence-electron chi connectivity index (χ3n) is 2.62. The first-order valence-corrected chi connectivity index (χ1v) is 7.21. The van der Waals surface area contributed by atoms with Crippen molar-refractivity contribution in [1.82, 2.24) is 14.5 Å². The van der Waals surface area contributed by atoms with E-state index in [1.54, 1.807) is 0 Å². The molecule has 0 aliphatic heterocycles. The first-order chi connectivity index (χ1) is 9.19. The Morgan fingerprint density at radius 1 is 1.26 bits per heavy atom. The summed E-state index contributed by atoms with van der Waals surface area (Å²) in [5.74, 6) is 0.903. The number of rotatable bonds is 6. The lowest BCUT2D eigenvalue weighted by molar-refractivity contribution is 0.314. The lowest BCUT2D eigenvalue weighted by atomic mass is 10.2. The minimum atomic E-state index is 0.665. The van der Waals surface area contributed by atoms with Crippen molar-refractivity contribution < 1.29 is 4.74 Å². The third kappa shape index (κ3) is 4.16. The van der Waals surface area contributed by atoms with Crippen molar-refractivity contribution in [3.8, 4) is 5.75 Å². The topological polar surface area (TPSA) is 38.2 Å². The van der Waals surface area contributed by atoms with E-state index in [2.05, 4.69) is 26.6 Å². The average Bonchev–Trinajstić information content (AvgIpc) is 2.78. The van der Waals surface area contributed by atoms with Gasteiger partial charge in [0.25, 0.3) is 0 Å². The number of aromatic nitrogens is 2. The molecule has 2 aromatic rings. The summed E-state index contributed by atoms with van der Waals surface area (Å²) >= 11 is 7.21. The van der Waals surface area contributed by atoms with Crippen LogP contribution in [-0.4, -0.2) is 28.1 Å². The molecule has 4 nitrogen and oxygen atoms in total. The predicted molar refractivity (Wildman–Crippen MR) is 77.7 cm³/mol. The molecule has 0 unspecified atom stereocenters. The van der Waals surface area contributed by atoms with Crippen molar-refractivity contribution in [2.75, 3.05) is 13.7 Å². The molecule has 0 N–H and O–H groups in total. The Labute approximate surface area is 122 Å². The van der Waals surface area contributed by atoms with E-state index in [1.807, 2.05) is 26.1 Å². The fourth-order valence-corrected chi connectivity index (χ4v) is 2.38. The molecule has 0 aliphatic carbocycles. The molecule has 102 valence electrons. The first kappa shape index (κ1) is 14.2. The Bertz CT molecular complexity index is 515. The van der Waals surface area contributed by atoms with Gasteiger partial charge in [-0.25, -0.2) is 0 Å². The number of halogens is 1. The fourth-order valence-electron chi connectivity index (χ4n) is 1.77. The highest BCUT2D eigenvalue weighted by molar-refractivity contribution is 7.10. The predicted octanol–water partition coefficient (Wildman–Crippen LogP) is 3.22. The van der Waals surface area contributed by atoms with Gasteiger partial charge in [-0.05, 0) is 31.7 Å². The quantitative estimate of drug-likeness (QED) is 0.820. The van der Waals surface area contributed by atoms with Crippen LogP contribution in [-0.2, 0) is 13.1 Å². The lowest BCUT2D eigenvalue weighted by Crippen LogP contribution is -2.17. The number of ether oxygens (including phenoxy) is 1. The van der Waals surface area contributed by atoms with E-state index in [9.17, 15) is 0 Å². The SMILES string of the molecule is CCOc1ccc(CN(C)Cc2nnsc2Cl)cc1. The van der Waals surface area contributed by atoms with Gasteiger partial charge < -0.3 is 4.74 Å². The van der Waals surface area contributed by atoms with Crippen LogP contribution >= 0.6 is 23.1 Å². The molecule has 6 heteroatoms. The van der Waals surface area contributed by atoms with E-state index < -0.39 is 0 Å². The molecular formula is C13H16ClN3OS. The lowest BCUT2D eigenvalue weighted by Gasteiger charge is -2.15. The summed E-state index contributed by atoms with van der Waals surface area (Å²) in [6.45, 7) is 4.20. The minimum absolute atomic E-state index is 0.665. The van der Waals surface area contributed by atoms with Crippen molar-refractivity contribution in [3.05, 3.63) is 39.9 Å². The van der Waals surface area contributed by atoms with Crippen LogP contribution in [0.1, 0.15) is 18.2 Å². The normalized spacial score (nSPS) is 10.9. The van der Waals surface area contributed by atoms with Gasteiger partial charge in [-0.2, -0.15) is 0 Å². The largest absolute Gasteiger partial charge is 0.494 e. The van der Waals surface area contributed by atoms with E-state index in [4.69, 9.17) is 16.3 Å². The first-order valence-electron chi connectivity index (χ1n) is 6.06. The van der Waals surface area contributed by atoms with Crippen LogP contribution in [0.5, 0.6) is 5.75 Å². The van der Waals surface area contributed by atoms with Gasteiger partial charge in [0.05, 0.1) is 6.61 Å². The fraction of sp³-hybridized carbons (Fsp3) is 0.385. The highest BCUT2D eigenvalue weighted by Crippen LogP contribution is 2.19. The summed E-state index contributed by atoms with van der Waals surface area (Å²) in [6, 6.07) is 8.12. The Hall–Kier alpha value is -1.17. The van der Waals surface area contributed by atoms with Gasteiger partial charge in [-0.1, -0.05) is 28.2 Å². The molecule has 0 fully saturated rings. The molecular weight excluding hydrogens is 282 g/mol. The van der Waals surface area contributed by atoms with Gasteiger partial charge in [0, 0.05) is 24.6 Å². The van der Waals surface area contributed by atoms with Crippen LogP contribution in [0.2, 0.25) is 4.34 Å². The molecule has 0 aliphatic rings. The molecule has 0 saturated heterocycles. The molecule has 0 radical (unpaired) electrons. The summed E-state index contributed by atoms with van der Waals surface area (Å²) in [6.07, 6.45) is 0. The molecule has 0 spiro atoms. The second-order valence-electron chi connectivity index (χ2n) is 4.24.